The third-order valence-corrected chi connectivity index (χ3v) is 3.16. The molecule has 1 aromatic carbocycles. The van der Waals surface area contributed by atoms with E-state index in [2.05, 4.69) is 54.6 Å². The second-order valence-electron chi connectivity index (χ2n) is 4.88. The lowest BCUT2D eigenvalue weighted by molar-refractivity contribution is -0.696. The molecule has 1 N–H and O–H groups in total. The molecular formula is C15H21BrN2O. The van der Waals surface area contributed by atoms with Gasteiger partial charge in [-0.05, 0) is 31.9 Å². The van der Waals surface area contributed by atoms with Gasteiger partial charge in [-0.3, -0.25) is 0 Å². The molecule has 19 heavy (non-hydrogen) atoms. The Kier molecular flexibility index (Phi) is 5.76. The van der Waals surface area contributed by atoms with Gasteiger partial charge in [-0.25, -0.2) is 9.13 Å². The molecule has 0 radical (unpaired) electrons. The van der Waals surface area contributed by atoms with Crippen LogP contribution < -0.4 is 21.5 Å². The Hall–Kier alpha value is -1.13. The van der Waals surface area contributed by atoms with E-state index in [9.17, 15) is 0 Å². The number of benzene rings is 1. The first kappa shape index (κ1) is 15.9. The normalized spacial score (nSPS) is 10.3. The number of aryl methyl sites for hydroxylation is 4. The van der Waals surface area contributed by atoms with Gasteiger partial charge in [0.25, 0.3) is 0 Å². The molecule has 1 heterocycles. The predicted octanol–water partition coefficient (Wildman–Crippen LogP) is -0.924. The largest absolute Gasteiger partial charge is 1.00 e. The smallest absolute Gasteiger partial charge is 0.248 e. The molecule has 0 saturated carbocycles. The van der Waals surface area contributed by atoms with Crippen molar-refractivity contribution in [3.8, 4) is 5.69 Å². The van der Waals surface area contributed by atoms with Crippen LogP contribution in [0.25, 0.3) is 5.69 Å². The molecule has 104 valence electrons. The standard InChI is InChI=1S/C15H21N2O.BrH/c1-12-9-13(2)15(14(3)10-12)17-7-6-16(11-17)5-4-8-18;/h6-7,9-11,18H,4-5,8H2,1-3H3;1H/q+1;/p-1. The van der Waals surface area contributed by atoms with Crippen molar-refractivity contribution in [2.24, 2.45) is 0 Å². The molecule has 3 nitrogen and oxygen atoms in total. The second-order valence-corrected chi connectivity index (χ2v) is 4.88. The Balaban J connectivity index is 0.00000180. The maximum absolute atomic E-state index is 8.85. The van der Waals surface area contributed by atoms with Crippen LogP contribution in [0.1, 0.15) is 23.1 Å². The van der Waals surface area contributed by atoms with E-state index in [0.717, 1.165) is 13.0 Å². The Morgan fingerprint density at radius 2 is 1.79 bits per heavy atom. The van der Waals surface area contributed by atoms with Crippen molar-refractivity contribution in [1.82, 2.24) is 4.57 Å². The summed E-state index contributed by atoms with van der Waals surface area (Å²) in [4.78, 5) is 0. The summed E-state index contributed by atoms with van der Waals surface area (Å²) in [6, 6.07) is 4.42. The first-order valence-electron chi connectivity index (χ1n) is 6.38. The summed E-state index contributed by atoms with van der Waals surface area (Å²) in [5.41, 5.74) is 5.13. The van der Waals surface area contributed by atoms with Crippen LogP contribution in [0.2, 0.25) is 0 Å². The first-order chi connectivity index (χ1) is 8.61. The summed E-state index contributed by atoms with van der Waals surface area (Å²) in [6.45, 7) is 7.51. The first-order valence-corrected chi connectivity index (χ1v) is 6.38. The molecule has 4 heteroatoms. The van der Waals surface area contributed by atoms with Crippen LogP contribution in [0.5, 0.6) is 0 Å². The number of aliphatic hydroxyl groups is 1. The molecule has 1 aromatic heterocycles. The summed E-state index contributed by atoms with van der Waals surface area (Å²) >= 11 is 0. The number of aliphatic hydroxyl groups excluding tert-OH is 1. The topological polar surface area (TPSA) is 29.0 Å². The highest BCUT2D eigenvalue weighted by atomic mass is 79.9. The Morgan fingerprint density at radius 1 is 1.16 bits per heavy atom. The molecule has 2 rings (SSSR count). The van der Waals surface area contributed by atoms with E-state index >= 15 is 0 Å². The fourth-order valence-corrected chi connectivity index (χ4v) is 2.49. The number of aromatic nitrogens is 2. The zero-order valence-electron chi connectivity index (χ0n) is 11.7. The SMILES string of the molecule is Cc1cc(C)c(-n2cc[n+](CCCO)c2)c(C)c1.[Br-]. The highest BCUT2D eigenvalue weighted by Gasteiger charge is 2.12. The van der Waals surface area contributed by atoms with Gasteiger partial charge in [0.2, 0.25) is 6.33 Å². The molecule has 0 amide bonds. The Bertz CT molecular complexity index is 526. The van der Waals surface area contributed by atoms with E-state index in [1.807, 2.05) is 6.20 Å². The van der Waals surface area contributed by atoms with Gasteiger partial charge in [0, 0.05) is 13.0 Å². The van der Waals surface area contributed by atoms with Crippen molar-refractivity contribution in [3.63, 3.8) is 0 Å². The molecule has 2 aromatic rings. The highest BCUT2D eigenvalue weighted by Crippen LogP contribution is 2.20. The van der Waals surface area contributed by atoms with Gasteiger partial charge in [-0.15, -0.1) is 0 Å². The monoisotopic (exact) mass is 324 g/mol. The van der Waals surface area contributed by atoms with Crippen molar-refractivity contribution < 1.29 is 26.7 Å². The Labute approximate surface area is 125 Å². The van der Waals surface area contributed by atoms with E-state index in [4.69, 9.17) is 5.11 Å². The average Bonchev–Trinajstić information content (AvgIpc) is 2.73. The summed E-state index contributed by atoms with van der Waals surface area (Å²) in [5, 5.41) is 8.85. The number of hydrogen-bond donors (Lipinski definition) is 1. The molecule has 0 aliphatic heterocycles. The van der Waals surface area contributed by atoms with Gasteiger partial charge in [-0.2, -0.15) is 0 Å². The van der Waals surface area contributed by atoms with Crippen molar-refractivity contribution in [2.75, 3.05) is 6.61 Å². The molecule has 0 spiro atoms. The minimum atomic E-state index is 0. The highest BCUT2D eigenvalue weighted by molar-refractivity contribution is 5.48. The lowest BCUT2D eigenvalue weighted by atomic mass is 10.1. The van der Waals surface area contributed by atoms with Crippen LogP contribution in [-0.2, 0) is 6.54 Å². The van der Waals surface area contributed by atoms with Crippen LogP contribution in [0.3, 0.4) is 0 Å². The predicted molar refractivity (Wildman–Crippen MR) is 71.9 cm³/mol. The van der Waals surface area contributed by atoms with Gasteiger partial charge in [0.05, 0.1) is 6.54 Å². The van der Waals surface area contributed by atoms with Gasteiger partial charge in [0.15, 0.2) is 0 Å². The van der Waals surface area contributed by atoms with Crippen LogP contribution in [-0.4, -0.2) is 16.3 Å². The van der Waals surface area contributed by atoms with Crippen LogP contribution in [0.4, 0.5) is 0 Å². The van der Waals surface area contributed by atoms with Crippen molar-refractivity contribution >= 4 is 0 Å². The minimum absolute atomic E-state index is 0. The lowest BCUT2D eigenvalue weighted by Crippen LogP contribution is -3.00. The van der Waals surface area contributed by atoms with Gasteiger partial charge in [0.1, 0.15) is 18.1 Å². The van der Waals surface area contributed by atoms with Crippen molar-refractivity contribution in [2.45, 2.75) is 33.7 Å². The zero-order chi connectivity index (χ0) is 13.1. The number of rotatable bonds is 4. The van der Waals surface area contributed by atoms with Crippen LogP contribution >= 0.6 is 0 Å². The molecule has 0 aliphatic carbocycles. The summed E-state index contributed by atoms with van der Waals surface area (Å²) in [7, 11) is 0. The number of imidazole rings is 1. The fraction of sp³-hybridized carbons (Fsp3) is 0.400. The number of hydrogen-bond acceptors (Lipinski definition) is 1. The molecular weight excluding hydrogens is 304 g/mol. The third kappa shape index (κ3) is 3.67. The van der Waals surface area contributed by atoms with E-state index in [0.29, 0.717) is 0 Å². The quantitative estimate of drug-likeness (QED) is 0.724. The second kappa shape index (κ2) is 6.87. The molecule has 0 atom stereocenters. The number of nitrogens with zero attached hydrogens (tertiary/aromatic N) is 2. The molecule has 0 saturated heterocycles. The van der Waals surface area contributed by atoms with Gasteiger partial charge < -0.3 is 22.1 Å². The van der Waals surface area contributed by atoms with Crippen molar-refractivity contribution in [1.29, 1.82) is 0 Å². The van der Waals surface area contributed by atoms with E-state index < -0.39 is 0 Å². The van der Waals surface area contributed by atoms with Crippen LogP contribution in [0.15, 0.2) is 30.9 Å². The molecule has 0 unspecified atom stereocenters. The van der Waals surface area contributed by atoms with Gasteiger partial charge >= 0.3 is 0 Å². The maximum atomic E-state index is 8.85. The fourth-order valence-electron chi connectivity index (χ4n) is 2.49. The molecule has 0 bridgehead atoms. The summed E-state index contributed by atoms with van der Waals surface area (Å²) in [6.07, 6.45) is 7.00. The van der Waals surface area contributed by atoms with E-state index in [-0.39, 0.29) is 23.6 Å². The van der Waals surface area contributed by atoms with E-state index in [1.54, 1.807) is 0 Å². The lowest BCUT2D eigenvalue weighted by Gasteiger charge is -2.06. The third-order valence-electron chi connectivity index (χ3n) is 3.16. The van der Waals surface area contributed by atoms with E-state index in [1.165, 1.54) is 22.4 Å². The minimum Gasteiger partial charge on any atom is -1.00 e. The zero-order valence-corrected chi connectivity index (χ0v) is 13.3. The Morgan fingerprint density at radius 3 is 2.37 bits per heavy atom. The van der Waals surface area contributed by atoms with Gasteiger partial charge in [-0.1, -0.05) is 17.7 Å². The summed E-state index contributed by atoms with van der Waals surface area (Å²) < 4.78 is 4.26. The van der Waals surface area contributed by atoms with Crippen LogP contribution in [0, 0.1) is 20.8 Å². The average molecular weight is 325 g/mol. The van der Waals surface area contributed by atoms with Crippen molar-refractivity contribution in [3.05, 3.63) is 47.5 Å². The molecule has 0 aliphatic rings. The number of halogens is 1. The summed E-state index contributed by atoms with van der Waals surface area (Å²) in [5.74, 6) is 0. The molecule has 0 fully saturated rings. The maximum Gasteiger partial charge on any atom is 0.248 e.